The van der Waals surface area contributed by atoms with Crippen LogP contribution < -0.4 is 14.2 Å². The maximum absolute atomic E-state index is 12.6. The van der Waals surface area contributed by atoms with Gasteiger partial charge in [0.1, 0.15) is 0 Å². The van der Waals surface area contributed by atoms with Gasteiger partial charge in [0.15, 0.2) is 11.5 Å². The highest BCUT2D eigenvalue weighted by Gasteiger charge is 2.42. The van der Waals surface area contributed by atoms with E-state index in [2.05, 4.69) is 0 Å². The highest BCUT2D eigenvalue weighted by molar-refractivity contribution is 5.84. The third-order valence-corrected chi connectivity index (χ3v) is 4.50. The molecule has 1 aliphatic rings. The van der Waals surface area contributed by atoms with Crippen molar-refractivity contribution in [3.8, 4) is 17.2 Å². The lowest BCUT2D eigenvalue weighted by molar-refractivity contribution is -0.136. The molecule has 1 unspecified atom stereocenters. The van der Waals surface area contributed by atoms with Crippen molar-refractivity contribution in [3.05, 3.63) is 17.7 Å². The molecule has 23 heavy (non-hydrogen) atoms. The molecule has 0 spiro atoms. The molecule has 1 aliphatic heterocycles. The van der Waals surface area contributed by atoms with Crippen molar-refractivity contribution in [3.63, 3.8) is 0 Å². The van der Waals surface area contributed by atoms with Gasteiger partial charge in [0.25, 0.3) is 0 Å². The lowest BCUT2D eigenvalue weighted by atomic mass is 9.85. The highest BCUT2D eigenvalue weighted by Crippen LogP contribution is 2.40. The molecule has 0 radical (unpaired) electrons. The van der Waals surface area contributed by atoms with Crippen LogP contribution in [0.3, 0.4) is 0 Å². The summed E-state index contributed by atoms with van der Waals surface area (Å²) in [7, 11) is 4.70. The molecule has 1 fully saturated rings. The summed E-state index contributed by atoms with van der Waals surface area (Å²) in [6.45, 7) is 3.11. The molecular weight excluding hydrogens is 298 g/mol. The zero-order valence-electron chi connectivity index (χ0n) is 14.2. The Morgan fingerprint density at radius 2 is 1.78 bits per heavy atom. The van der Waals surface area contributed by atoms with E-state index in [0.29, 0.717) is 36.8 Å². The molecule has 2 rings (SSSR count). The number of hydrogen-bond donors (Lipinski definition) is 1. The molecule has 0 bridgehead atoms. The molecule has 128 valence electrons. The normalized spacial score (nSPS) is 20.7. The first-order chi connectivity index (χ1) is 11.0. The molecule has 1 N–H and O–H groups in total. The molecule has 0 aliphatic carbocycles. The predicted molar refractivity (Wildman–Crippen MR) is 85.9 cm³/mol. The Balaban J connectivity index is 2.22. The van der Waals surface area contributed by atoms with E-state index >= 15 is 0 Å². The summed E-state index contributed by atoms with van der Waals surface area (Å²) in [4.78, 5) is 14.4. The van der Waals surface area contributed by atoms with Gasteiger partial charge in [-0.2, -0.15) is 0 Å². The van der Waals surface area contributed by atoms with Crippen LogP contribution in [0.4, 0.5) is 0 Å². The largest absolute Gasteiger partial charge is 0.493 e. The Bertz CT molecular complexity index is 549. The number of aliphatic hydroxyl groups excluding tert-OH is 1. The molecule has 1 amide bonds. The monoisotopic (exact) mass is 323 g/mol. The molecule has 6 heteroatoms. The number of benzene rings is 1. The van der Waals surface area contributed by atoms with Gasteiger partial charge in [0, 0.05) is 19.7 Å². The number of carbonyl (C=O) groups excluding carboxylic acids is 1. The minimum absolute atomic E-state index is 0.0280. The maximum atomic E-state index is 12.6. The molecule has 1 atom stereocenters. The van der Waals surface area contributed by atoms with E-state index in [0.717, 1.165) is 12.0 Å². The maximum Gasteiger partial charge on any atom is 0.228 e. The van der Waals surface area contributed by atoms with Gasteiger partial charge in [-0.25, -0.2) is 0 Å². The summed E-state index contributed by atoms with van der Waals surface area (Å²) >= 11 is 0. The van der Waals surface area contributed by atoms with Crippen molar-refractivity contribution >= 4 is 5.91 Å². The molecule has 1 aromatic carbocycles. The van der Waals surface area contributed by atoms with E-state index in [1.807, 2.05) is 24.0 Å². The van der Waals surface area contributed by atoms with Gasteiger partial charge in [-0.15, -0.1) is 0 Å². The average molecular weight is 323 g/mol. The van der Waals surface area contributed by atoms with Gasteiger partial charge < -0.3 is 24.2 Å². The topological polar surface area (TPSA) is 68.2 Å². The van der Waals surface area contributed by atoms with Crippen LogP contribution in [-0.2, 0) is 11.3 Å². The van der Waals surface area contributed by atoms with Crippen molar-refractivity contribution in [1.82, 2.24) is 4.90 Å². The lowest BCUT2D eigenvalue weighted by Crippen LogP contribution is -2.33. The standard InChI is InChI=1S/C17H25NO5/c1-17(6-8-19)5-7-18(16(17)20)11-12-9-13(21-2)15(23-4)14(10-12)22-3/h9-10,19H,5-8,11H2,1-4H3. The molecular formula is C17H25NO5. The van der Waals surface area contributed by atoms with E-state index in [-0.39, 0.29) is 12.5 Å². The van der Waals surface area contributed by atoms with E-state index in [1.54, 1.807) is 21.3 Å². The Morgan fingerprint density at radius 1 is 1.17 bits per heavy atom. The number of ether oxygens (including phenoxy) is 3. The Labute approximate surface area is 136 Å². The number of amides is 1. The molecule has 1 heterocycles. The second kappa shape index (κ2) is 7.08. The second-order valence-electron chi connectivity index (χ2n) is 6.04. The summed E-state index contributed by atoms with van der Waals surface area (Å²) in [5.74, 6) is 1.77. The van der Waals surface area contributed by atoms with Crippen LogP contribution in [0, 0.1) is 5.41 Å². The van der Waals surface area contributed by atoms with Crippen LogP contribution >= 0.6 is 0 Å². The average Bonchev–Trinajstić information content (AvgIpc) is 2.82. The summed E-state index contributed by atoms with van der Waals surface area (Å²) in [6.07, 6.45) is 1.26. The van der Waals surface area contributed by atoms with E-state index in [1.165, 1.54) is 0 Å². The van der Waals surface area contributed by atoms with Gasteiger partial charge in [0.2, 0.25) is 11.7 Å². The quantitative estimate of drug-likeness (QED) is 0.829. The number of methoxy groups -OCH3 is 3. The second-order valence-corrected chi connectivity index (χ2v) is 6.04. The fourth-order valence-electron chi connectivity index (χ4n) is 3.05. The summed E-state index contributed by atoms with van der Waals surface area (Å²) in [5.41, 5.74) is 0.455. The van der Waals surface area contributed by atoms with Crippen LogP contribution in [0.2, 0.25) is 0 Å². The summed E-state index contributed by atoms with van der Waals surface area (Å²) in [6, 6.07) is 3.71. The first-order valence-electron chi connectivity index (χ1n) is 7.68. The minimum Gasteiger partial charge on any atom is -0.493 e. The van der Waals surface area contributed by atoms with Crippen molar-refractivity contribution in [2.24, 2.45) is 5.41 Å². The molecule has 6 nitrogen and oxygen atoms in total. The fraction of sp³-hybridized carbons (Fsp3) is 0.588. The van der Waals surface area contributed by atoms with Gasteiger partial charge in [0.05, 0.1) is 26.7 Å². The molecule has 1 aromatic rings. The first kappa shape index (κ1) is 17.4. The summed E-state index contributed by atoms with van der Waals surface area (Å²) < 4.78 is 16.0. The van der Waals surface area contributed by atoms with E-state index < -0.39 is 5.41 Å². The number of rotatable bonds is 7. The number of nitrogens with zero attached hydrogens (tertiary/aromatic N) is 1. The van der Waals surface area contributed by atoms with Gasteiger partial charge in [-0.3, -0.25) is 4.79 Å². The minimum atomic E-state index is -0.463. The molecule has 0 saturated carbocycles. The Morgan fingerprint density at radius 3 is 2.26 bits per heavy atom. The predicted octanol–water partition coefficient (Wildman–Crippen LogP) is 1.83. The van der Waals surface area contributed by atoms with Crippen LogP contribution in [0.1, 0.15) is 25.3 Å². The zero-order chi connectivity index (χ0) is 17.0. The third-order valence-electron chi connectivity index (χ3n) is 4.50. The fourth-order valence-corrected chi connectivity index (χ4v) is 3.05. The SMILES string of the molecule is COc1cc(CN2CCC(C)(CCO)C2=O)cc(OC)c1OC. The van der Waals surface area contributed by atoms with Gasteiger partial charge >= 0.3 is 0 Å². The van der Waals surface area contributed by atoms with Crippen LogP contribution in [0.25, 0.3) is 0 Å². The van der Waals surface area contributed by atoms with Crippen molar-refractivity contribution in [1.29, 1.82) is 0 Å². The zero-order valence-corrected chi connectivity index (χ0v) is 14.2. The first-order valence-corrected chi connectivity index (χ1v) is 7.68. The summed E-state index contributed by atoms with van der Waals surface area (Å²) in [5, 5.41) is 9.16. The van der Waals surface area contributed by atoms with Crippen molar-refractivity contribution in [2.45, 2.75) is 26.3 Å². The Hall–Kier alpha value is -1.95. The van der Waals surface area contributed by atoms with Crippen molar-refractivity contribution in [2.75, 3.05) is 34.5 Å². The number of aliphatic hydroxyl groups is 1. The molecule has 1 saturated heterocycles. The molecule has 0 aromatic heterocycles. The van der Waals surface area contributed by atoms with Crippen molar-refractivity contribution < 1.29 is 24.1 Å². The Kier molecular flexibility index (Phi) is 5.36. The van der Waals surface area contributed by atoms with Crippen LogP contribution in [-0.4, -0.2) is 50.4 Å². The van der Waals surface area contributed by atoms with Gasteiger partial charge in [-0.1, -0.05) is 6.92 Å². The van der Waals surface area contributed by atoms with Crippen LogP contribution in [0.5, 0.6) is 17.2 Å². The number of carbonyl (C=O) groups is 1. The smallest absolute Gasteiger partial charge is 0.228 e. The number of hydrogen-bond acceptors (Lipinski definition) is 5. The lowest BCUT2D eigenvalue weighted by Gasteiger charge is -2.23. The third kappa shape index (κ3) is 3.37. The van der Waals surface area contributed by atoms with Crippen LogP contribution in [0.15, 0.2) is 12.1 Å². The van der Waals surface area contributed by atoms with E-state index in [4.69, 9.17) is 19.3 Å². The van der Waals surface area contributed by atoms with E-state index in [9.17, 15) is 4.79 Å². The number of likely N-dealkylation sites (tertiary alicyclic amines) is 1. The van der Waals surface area contributed by atoms with Gasteiger partial charge in [-0.05, 0) is 30.5 Å². The highest BCUT2D eigenvalue weighted by atomic mass is 16.5.